The van der Waals surface area contributed by atoms with E-state index in [1.54, 1.807) is 0 Å². The largest absolute Gasteiger partial charge is 0.466 e. The van der Waals surface area contributed by atoms with Gasteiger partial charge in [-0.05, 0) is 18.3 Å². The molecule has 1 atom stereocenters. The second-order valence-corrected chi connectivity index (χ2v) is 5.16. The lowest BCUT2D eigenvalue weighted by atomic mass is 10.0. The molecule has 0 aromatic carbocycles. The second kappa shape index (κ2) is 9.92. The molecule has 1 unspecified atom stereocenters. The third-order valence-corrected chi connectivity index (χ3v) is 2.37. The second-order valence-electron chi connectivity index (χ2n) is 5.16. The number of esters is 2. The van der Waals surface area contributed by atoms with Crippen LogP contribution >= 0.6 is 0 Å². The maximum atomic E-state index is 11.4. The summed E-state index contributed by atoms with van der Waals surface area (Å²) >= 11 is 0. The van der Waals surface area contributed by atoms with Crippen LogP contribution in [0.4, 0.5) is 0 Å². The predicted octanol–water partition coefficient (Wildman–Crippen LogP) is 2.95. The maximum absolute atomic E-state index is 11.4. The molecule has 0 aliphatic heterocycles. The Morgan fingerprint density at radius 2 is 1.56 bits per heavy atom. The van der Waals surface area contributed by atoms with Gasteiger partial charge in [-0.2, -0.15) is 0 Å². The SMILES string of the molecule is CCCCOC(=O)CC(C)CC(=O)OCC(C)C. The van der Waals surface area contributed by atoms with Crippen molar-refractivity contribution in [3.63, 3.8) is 0 Å². The first kappa shape index (κ1) is 16.9. The molecule has 0 aliphatic carbocycles. The first-order chi connectivity index (χ1) is 8.45. The normalized spacial score (nSPS) is 12.3. The molecule has 0 bridgehead atoms. The van der Waals surface area contributed by atoms with Crippen molar-refractivity contribution < 1.29 is 19.1 Å². The number of hydrogen-bond acceptors (Lipinski definition) is 4. The van der Waals surface area contributed by atoms with E-state index in [0.717, 1.165) is 12.8 Å². The standard InChI is InChI=1S/C14H26O4/c1-5-6-7-17-13(15)8-12(4)9-14(16)18-10-11(2)3/h11-12H,5-10H2,1-4H3. The van der Waals surface area contributed by atoms with E-state index in [0.29, 0.717) is 19.1 Å². The fourth-order valence-electron chi connectivity index (χ4n) is 1.35. The molecular weight excluding hydrogens is 232 g/mol. The van der Waals surface area contributed by atoms with Crippen LogP contribution in [0.15, 0.2) is 0 Å². The van der Waals surface area contributed by atoms with Crippen molar-refractivity contribution in [2.24, 2.45) is 11.8 Å². The first-order valence-electron chi connectivity index (χ1n) is 6.76. The Kier molecular flexibility index (Phi) is 9.33. The summed E-state index contributed by atoms with van der Waals surface area (Å²) in [5.41, 5.74) is 0. The minimum absolute atomic E-state index is 0.0289. The summed E-state index contributed by atoms with van der Waals surface area (Å²) in [6.45, 7) is 8.79. The van der Waals surface area contributed by atoms with Gasteiger partial charge in [0.1, 0.15) is 0 Å². The van der Waals surface area contributed by atoms with Crippen LogP contribution in [-0.4, -0.2) is 25.2 Å². The van der Waals surface area contributed by atoms with Gasteiger partial charge in [0.25, 0.3) is 0 Å². The van der Waals surface area contributed by atoms with Crippen LogP contribution in [0.2, 0.25) is 0 Å². The summed E-state index contributed by atoms with van der Waals surface area (Å²) in [5.74, 6) is -0.160. The molecule has 0 saturated carbocycles. The van der Waals surface area contributed by atoms with E-state index in [4.69, 9.17) is 9.47 Å². The summed E-state index contributed by atoms with van der Waals surface area (Å²) in [7, 11) is 0. The highest BCUT2D eigenvalue weighted by molar-refractivity contribution is 5.73. The number of rotatable bonds is 9. The van der Waals surface area contributed by atoms with Gasteiger partial charge in [-0.3, -0.25) is 9.59 Å². The Labute approximate surface area is 110 Å². The lowest BCUT2D eigenvalue weighted by molar-refractivity contribution is -0.147. The smallest absolute Gasteiger partial charge is 0.306 e. The van der Waals surface area contributed by atoms with Crippen LogP contribution in [0.3, 0.4) is 0 Å². The van der Waals surface area contributed by atoms with Crippen molar-refractivity contribution in [1.29, 1.82) is 0 Å². The molecule has 0 N–H and O–H groups in total. The van der Waals surface area contributed by atoms with Gasteiger partial charge in [0.05, 0.1) is 13.2 Å². The number of carbonyl (C=O) groups is 2. The van der Waals surface area contributed by atoms with Gasteiger partial charge < -0.3 is 9.47 Å². The average Bonchev–Trinajstić information content (AvgIpc) is 2.26. The zero-order valence-electron chi connectivity index (χ0n) is 12.0. The molecule has 18 heavy (non-hydrogen) atoms. The Balaban J connectivity index is 3.71. The third kappa shape index (κ3) is 10.1. The predicted molar refractivity (Wildman–Crippen MR) is 70.1 cm³/mol. The summed E-state index contributed by atoms with van der Waals surface area (Å²) in [5, 5.41) is 0. The van der Waals surface area contributed by atoms with E-state index in [1.165, 1.54) is 0 Å². The van der Waals surface area contributed by atoms with Crippen molar-refractivity contribution in [1.82, 2.24) is 0 Å². The van der Waals surface area contributed by atoms with E-state index in [1.807, 2.05) is 27.7 Å². The summed E-state index contributed by atoms with van der Waals surface area (Å²) in [4.78, 5) is 22.8. The minimum Gasteiger partial charge on any atom is -0.466 e. The van der Waals surface area contributed by atoms with Crippen molar-refractivity contribution in [2.45, 2.75) is 53.4 Å². The van der Waals surface area contributed by atoms with Crippen molar-refractivity contribution in [3.05, 3.63) is 0 Å². The Morgan fingerprint density at radius 1 is 1.00 bits per heavy atom. The van der Waals surface area contributed by atoms with E-state index in [-0.39, 0.29) is 30.7 Å². The van der Waals surface area contributed by atoms with Crippen molar-refractivity contribution in [3.8, 4) is 0 Å². The lowest BCUT2D eigenvalue weighted by Crippen LogP contribution is -2.16. The van der Waals surface area contributed by atoms with Gasteiger partial charge in [-0.15, -0.1) is 0 Å². The van der Waals surface area contributed by atoms with Crippen LogP contribution in [0, 0.1) is 11.8 Å². The molecule has 106 valence electrons. The molecule has 0 rings (SSSR count). The fourth-order valence-corrected chi connectivity index (χ4v) is 1.35. The molecule has 0 aliphatic rings. The van der Waals surface area contributed by atoms with Gasteiger partial charge in [-0.25, -0.2) is 0 Å². The number of carbonyl (C=O) groups excluding carboxylic acids is 2. The van der Waals surface area contributed by atoms with Gasteiger partial charge >= 0.3 is 11.9 Å². The summed E-state index contributed by atoms with van der Waals surface area (Å²) in [6, 6.07) is 0. The van der Waals surface area contributed by atoms with E-state index >= 15 is 0 Å². The Bertz CT molecular complexity index is 248. The molecule has 4 nitrogen and oxygen atoms in total. The Hall–Kier alpha value is -1.06. The average molecular weight is 258 g/mol. The molecule has 0 fully saturated rings. The molecule has 0 saturated heterocycles. The number of hydrogen-bond donors (Lipinski definition) is 0. The van der Waals surface area contributed by atoms with Gasteiger partial charge in [0, 0.05) is 12.8 Å². The van der Waals surface area contributed by atoms with E-state index < -0.39 is 0 Å². The van der Waals surface area contributed by atoms with Gasteiger partial charge in [0.15, 0.2) is 0 Å². The number of unbranched alkanes of at least 4 members (excludes halogenated alkanes) is 1. The third-order valence-electron chi connectivity index (χ3n) is 2.37. The molecule has 0 radical (unpaired) electrons. The van der Waals surface area contributed by atoms with Crippen LogP contribution < -0.4 is 0 Å². The van der Waals surface area contributed by atoms with E-state index in [9.17, 15) is 9.59 Å². The van der Waals surface area contributed by atoms with Crippen LogP contribution in [0.5, 0.6) is 0 Å². The van der Waals surface area contributed by atoms with Crippen LogP contribution in [0.1, 0.15) is 53.4 Å². The lowest BCUT2D eigenvalue weighted by Gasteiger charge is -2.11. The quantitative estimate of drug-likeness (QED) is 0.471. The zero-order valence-corrected chi connectivity index (χ0v) is 12.0. The van der Waals surface area contributed by atoms with Crippen molar-refractivity contribution in [2.75, 3.05) is 13.2 Å². The highest BCUT2D eigenvalue weighted by atomic mass is 16.5. The molecule has 0 amide bonds. The number of ether oxygens (including phenoxy) is 2. The zero-order chi connectivity index (χ0) is 14.0. The highest BCUT2D eigenvalue weighted by Crippen LogP contribution is 2.10. The van der Waals surface area contributed by atoms with Crippen molar-refractivity contribution >= 4 is 11.9 Å². The molecule has 0 aromatic rings. The van der Waals surface area contributed by atoms with E-state index in [2.05, 4.69) is 0 Å². The highest BCUT2D eigenvalue weighted by Gasteiger charge is 2.15. The summed E-state index contributed by atoms with van der Waals surface area (Å²) in [6.07, 6.45) is 2.44. The monoisotopic (exact) mass is 258 g/mol. The minimum atomic E-state index is -0.238. The Morgan fingerprint density at radius 3 is 2.06 bits per heavy atom. The first-order valence-corrected chi connectivity index (χ1v) is 6.76. The molecule has 0 heterocycles. The van der Waals surface area contributed by atoms with Gasteiger partial charge in [-0.1, -0.05) is 34.1 Å². The molecule has 0 spiro atoms. The molecule has 0 aromatic heterocycles. The fraction of sp³-hybridized carbons (Fsp3) is 0.857. The van der Waals surface area contributed by atoms with Gasteiger partial charge in [0.2, 0.25) is 0 Å². The van der Waals surface area contributed by atoms with Crippen LogP contribution in [-0.2, 0) is 19.1 Å². The molecule has 4 heteroatoms. The molecular formula is C14H26O4. The maximum Gasteiger partial charge on any atom is 0.306 e. The van der Waals surface area contributed by atoms with Crippen LogP contribution in [0.25, 0.3) is 0 Å². The summed E-state index contributed by atoms with van der Waals surface area (Å²) < 4.78 is 10.1. The topological polar surface area (TPSA) is 52.6 Å².